The summed E-state index contributed by atoms with van der Waals surface area (Å²) in [5.41, 5.74) is 2.01. The summed E-state index contributed by atoms with van der Waals surface area (Å²) in [6, 6.07) is 6.53. The van der Waals surface area contributed by atoms with Gasteiger partial charge in [-0.2, -0.15) is 0 Å². The number of nitro groups is 1. The molecule has 2 aromatic rings. The van der Waals surface area contributed by atoms with Crippen LogP contribution in [-0.2, 0) is 12.8 Å². The van der Waals surface area contributed by atoms with Crippen molar-refractivity contribution in [3.05, 3.63) is 57.0 Å². The van der Waals surface area contributed by atoms with Crippen LogP contribution in [-0.4, -0.2) is 21.4 Å². The molecule has 0 aliphatic carbocycles. The van der Waals surface area contributed by atoms with Crippen molar-refractivity contribution in [3.63, 3.8) is 0 Å². The first-order valence-electron chi connectivity index (χ1n) is 6.58. The number of aromatic nitrogens is 2. The molecule has 1 aromatic heterocycles. The van der Waals surface area contributed by atoms with Gasteiger partial charge < -0.3 is 5.32 Å². The number of benzene rings is 1. The number of hydrogen-bond acceptors (Lipinski definition) is 5. The second-order valence-electron chi connectivity index (χ2n) is 4.45. The van der Waals surface area contributed by atoms with E-state index in [0.717, 1.165) is 29.8 Å². The molecular weight excluding hydrogens is 292 g/mol. The first kappa shape index (κ1) is 15.2. The van der Waals surface area contributed by atoms with Crippen LogP contribution < -0.4 is 5.32 Å². The first-order valence-corrected chi connectivity index (χ1v) is 6.96. The lowest BCUT2D eigenvalue weighted by atomic mass is 10.1. The lowest BCUT2D eigenvalue weighted by Crippen LogP contribution is -2.09. The number of anilines is 1. The van der Waals surface area contributed by atoms with Crippen molar-refractivity contribution in [3.8, 4) is 0 Å². The summed E-state index contributed by atoms with van der Waals surface area (Å²) in [6.45, 7) is 2.66. The van der Waals surface area contributed by atoms with Crippen molar-refractivity contribution in [1.82, 2.24) is 9.97 Å². The minimum atomic E-state index is -0.404. The van der Waals surface area contributed by atoms with E-state index in [1.807, 2.05) is 6.92 Å². The number of nitro benzene ring substituents is 1. The highest BCUT2D eigenvalue weighted by Gasteiger charge is 2.08. The quantitative estimate of drug-likeness (QED) is 0.503. The van der Waals surface area contributed by atoms with E-state index in [1.54, 1.807) is 12.1 Å². The SMILES string of the molecule is CCc1c(Cl)ncnc1NCCc1ccc([N+](=O)[O-])cc1. The van der Waals surface area contributed by atoms with Gasteiger partial charge in [-0.15, -0.1) is 0 Å². The molecule has 0 aliphatic rings. The highest BCUT2D eigenvalue weighted by Crippen LogP contribution is 2.20. The van der Waals surface area contributed by atoms with Gasteiger partial charge >= 0.3 is 0 Å². The van der Waals surface area contributed by atoms with Crippen LogP contribution in [0.1, 0.15) is 18.1 Å². The molecule has 2 rings (SSSR count). The lowest BCUT2D eigenvalue weighted by molar-refractivity contribution is -0.384. The second-order valence-corrected chi connectivity index (χ2v) is 4.80. The Morgan fingerprint density at radius 1 is 1.29 bits per heavy atom. The Kier molecular flexibility index (Phi) is 5.05. The van der Waals surface area contributed by atoms with Crippen molar-refractivity contribution in [2.24, 2.45) is 0 Å². The molecule has 0 radical (unpaired) electrons. The van der Waals surface area contributed by atoms with Gasteiger partial charge in [0.15, 0.2) is 0 Å². The molecule has 0 spiro atoms. The molecule has 0 aliphatic heterocycles. The van der Waals surface area contributed by atoms with Gasteiger partial charge in [-0.3, -0.25) is 10.1 Å². The van der Waals surface area contributed by atoms with Crippen LogP contribution >= 0.6 is 11.6 Å². The summed E-state index contributed by atoms with van der Waals surface area (Å²) in [5, 5.41) is 14.3. The molecule has 0 bridgehead atoms. The normalized spacial score (nSPS) is 10.4. The maximum atomic E-state index is 10.6. The predicted molar refractivity (Wildman–Crippen MR) is 81.7 cm³/mol. The van der Waals surface area contributed by atoms with E-state index in [9.17, 15) is 10.1 Å². The molecule has 1 heterocycles. The summed E-state index contributed by atoms with van der Waals surface area (Å²) in [5.74, 6) is 0.736. The predicted octanol–water partition coefficient (Wildman–Crippen LogP) is 3.26. The molecule has 1 aromatic carbocycles. The average Bonchev–Trinajstić information content (AvgIpc) is 2.48. The highest BCUT2D eigenvalue weighted by molar-refractivity contribution is 6.30. The molecule has 0 saturated carbocycles. The fourth-order valence-corrected chi connectivity index (χ4v) is 2.23. The summed E-state index contributed by atoms with van der Waals surface area (Å²) < 4.78 is 0. The number of nitrogens with zero attached hydrogens (tertiary/aromatic N) is 3. The third-order valence-corrected chi connectivity index (χ3v) is 3.43. The minimum Gasteiger partial charge on any atom is -0.369 e. The summed E-state index contributed by atoms with van der Waals surface area (Å²) in [6.07, 6.45) is 2.91. The maximum absolute atomic E-state index is 10.6. The number of hydrogen-bond donors (Lipinski definition) is 1. The van der Waals surface area contributed by atoms with Crippen LogP contribution in [0.5, 0.6) is 0 Å². The van der Waals surface area contributed by atoms with E-state index < -0.39 is 4.92 Å². The Bertz CT molecular complexity index is 631. The van der Waals surface area contributed by atoms with Crippen LogP contribution in [0.15, 0.2) is 30.6 Å². The molecule has 1 N–H and O–H groups in total. The first-order chi connectivity index (χ1) is 10.1. The molecule has 0 unspecified atom stereocenters. The zero-order valence-corrected chi connectivity index (χ0v) is 12.3. The second kappa shape index (κ2) is 6.99. The van der Waals surface area contributed by atoms with E-state index in [4.69, 9.17) is 11.6 Å². The van der Waals surface area contributed by atoms with Crippen molar-refractivity contribution >= 4 is 23.1 Å². The van der Waals surface area contributed by atoms with Crippen molar-refractivity contribution in [2.75, 3.05) is 11.9 Å². The number of non-ortho nitro benzene ring substituents is 1. The van der Waals surface area contributed by atoms with Crippen LogP contribution in [0.2, 0.25) is 5.15 Å². The van der Waals surface area contributed by atoms with Gasteiger partial charge in [0.2, 0.25) is 0 Å². The number of nitrogens with one attached hydrogen (secondary N) is 1. The largest absolute Gasteiger partial charge is 0.369 e. The minimum absolute atomic E-state index is 0.0996. The number of rotatable bonds is 6. The zero-order chi connectivity index (χ0) is 15.2. The smallest absolute Gasteiger partial charge is 0.269 e. The summed E-state index contributed by atoms with van der Waals surface area (Å²) in [4.78, 5) is 18.3. The molecule has 0 fully saturated rings. The Labute approximate surface area is 127 Å². The van der Waals surface area contributed by atoms with Crippen LogP contribution in [0.3, 0.4) is 0 Å². The molecule has 21 heavy (non-hydrogen) atoms. The monoisotopic (exact) mass is 306 g/mol. The average molecular weight is 307 g/mol. The fraction of sp³-hybridized carbons (Fsp3) is 0.286. The third-order valence-electron chi connectivity index (χ3n) is 3.10. The van der Waals surface area contributed by atoms with E-state index in [1.165, 1.54) is 18.5 Å². The maximum Gasteiger partial charge on any atom is 0.269 e. The molecule has 0 saturated heterocycles. The molecule has 6 nitrogen and oxygen atoms in total. The van der Waals surface area contributed by atoms with Gasteiger partial charge in [0, 0.05) is 24.2 Å². The fourth-order valence-electron chi connectivity index (χ4n) is 1.97. The van der Waals surface area contributed by atoms with Crippen molar-refractivity contribution in [2.45, 2.75) is 19.8 Å². The van der Waals surface area contributed by atoms with Crippen LogP contribution in [0.25, 0.3) is 0 Å². The van der Waals surface area contributed by atoms with Crippen LogP contribution in [0, 0.1) is 10.1 Å². The van der Waals surface area contributed by atoms with Crippen molar-refractivity contribution in [1.29, 1.82) is 0 Å². The Morgan fingerprint density at radius 2 is 2.00 bits per heavy atom. The van der Waals surface area contributed by atoms with Gasteiger partial charge in [-0.1, -0.05) is 30.7 Å². The van der Waals surface area contributed by atoms with Gasteiger partial charge in [0.25, 0.3) is 5.69 Å². The Balaban J connectivity index is 1.95. The van der Waals surface area contributed by atoms with E-state index in [2.05, 4.69) is 15.3 Å². The molecule has 7 heteroatoms. The summed E-state index contributed by atoms with van der Waals surface area (Å²) >= 11 is 6.02. The zero-order valence-electron chi connectivity index (χ0n) is 11.5. The summed E-state index contributed by atoms with van der Waals surface area (Å²) in [7, 11) is 0. The Morgan fingerprint density at radius 3 is 2.62 bits per heavy atom. The highest BCUT2D eigenvalue weighted by atomic mass is 35.5. The van der Waals surface area contributed by atoms with Crippen molar-refractivity contribution < 1.29 is 4.92 Å². The van der Waals surface area contributed by atoms with Gasteiger partial charge in [0.1, 0.15) is 17.3 Å². The van der Waals surface area contributed by atoms with E-state index in [-0.39, 0.29) is 5.69 Å². The molecule has 110 valence electrons. The Hall–Kier alpha value is -2.21. The third kappa shape index (κ3) is 3.88. The number of halogens is 1. The molecule has 0 atom stereocenters. The van der Waals surface area contributed by atoms with E-state index >= 15 is 0 Å². The molecular formula is C14H15ClN4O2. The van der Waals surface area contributed by atoms with Gasteiger partial charge in [-0.25, -0.2) is 9.97 Å². The standard InChI is InChI=1S/C14H15ClN4O2/c1-2-12-13(15)17-9-18-14(12)16-8-7-10-3-5-11(6-4-10)19(20)21/h3-6,9H,2,7-8H2,1H3,(H,16,17,18). The topological polar surface area (TPSA) is 81.0 Å². The van der Waals surface area contributed by atoms with Gasteiger partial charge in [0.05, 0.1) is 4.92 Å². The molecule has 0 amide bonds. The van der Waals surface area contributed by atoms with Gasteiger partial charge in [-0.05, 0) is 18.4 Å². The van der Waals surface area contributed by atoms with E-state index in [0.29, 0.717) is 11.7 Å². The lowest BCUT2D eigenvalue weighted by Gasteiger charge is -2.10. The van der Waals surface area contributed by atoms with Crippen LogP contribution in [0.4, 0.5) is 11.5 Å².